The molecule has 3 nitrogen and oxygen atoms in total. The lowest BCUT2D eigenvalue weighted by atomic mass is 10.0. The first kappa shape index (κ1) is 21.5. The maximum atomic E-state index is 13.4. The molecule has 5 heteroatoms. The van der Waals surface area contributed by atoms with Crippen LogP contribution in [0, 0.1) is 12.7 Å². The summed E-state index contributed by atoms with van der Waals surface area (Å²) in [5.74, 6) is -0.285. The zero-order valence-corrected chi connectivity index (χ0v) is 18.3. The Bertz CT molecular complexity index is 1080. The van der Waals surface area contributed by atoms with Crippen molar-refractivity contribution in [1.29, 1.82) is 0 Å². The topological polar surface area (TPSA) is 32.3 Å². The van der Waals surface area contributed by atoms with Crippen LogP contribution in [-0.4, -0.2) is 23.4 Å². The first-order chi connectivity index (χ1) is 15.0. The fraction of sp³-hybridized carbons (Fsp3) is 0.269. The first-order valence-electron chi connectivity index (χ1n) is 10.6. The third kappa shape index (κ3) is 5.33. The Hall–Kier alpha value is -2.69. The van der Waals surface area contributed by atoms with E-state index in [2.05, 4.69) is 34.5 Å². The molecule has 1 saturated heterocycles. The lowest BCUT2D eigenvalue weighted by molar-refractivity contribution is -0.125. The first-order valence-corrected chi connectivity index (χ1v) is 11.0. The average Bonchev–Trinajstić information content (AvgIpc) is 3.22. The number of rotatable bonds is 6. The highest BCUT2D eigenvalue weighted by molar-refractivity contribution is 6.31. The molecule has 1 heterocycles. The summed E-state index contributed by atoms with van der Waals surface area (Å²) >= 11 is 6.30. The Morgan fingerprint density at radius 2 is 1.84 bits per heavy atom. The van der Waals surface area contributed by atoms with Crippen molar-refractivity contribution in [2.75, 3.05) is 6.54 Å². The van der Waals surface area contributed by atoms with Crippen molar-refractivity contribution in [2.45, 2.75) is 38.9 Å². The maximum Gasteiger partial charge on any atom is 0.237 e. The van der Waals surface area contributed by atoms with Gasteiger partial charge in [0.15, 0.2) is 0 Å². The summed E-state index contributed by atoms with van der Waals surface area (Å²) in [4.78, 5) is 15.0. The molecule has 0 aliphatic carbocycles. The van der Waals surface area contributed by atoms with Gasteiger partial charge in [-0.05, 0) is 78.4 Å². The molecule has 0 aromatic heterocycles. The number of benzene rings is 3. The molecule has 1 atom stereocenters. The molecule has 0 radical (unpaired) electrons. The van der Waals surface area contributed by atoms with Gasteiger partial charge in [-0.25, -0.2) is 4.39 Å². The van der Waals surface area contributed by atoms with Gasteiger partial charge < -0.3 is 5.32 Å². The third-order valence-electron chi connectivity index (χ3n) is 5.84. The van der Waals surface area contributed by atoms with Gasteiger partial charge in [0, 0.05) is 18.1 Å². The Labute approximate surface area is 187 Å². The molecule has 1 aliphatic heterocycles. The highest BCUT2D eigenvalue weighted by Gasteiger charge is 2.30. The van der Waals surface area contributed by atoms with Crippen LogP contribution in [0.3, 0.4) is 0 Å². The fourth-order valence-electron chi connectivity index (χ4n) is 4.12. The molecule has 1 unspecified atom stereocenters. The normalized spacial score (nSPS) is 16.4. The van der Waals surface area contributed by atoms with E-state index in [0.717, 1.165) is 46.7 Å². The second-order valence-electron chi connectivity index (χ2n) is 8.14. The SMILES string of the molecule is Cc1ccc(-c2cccc(CN3CCCC3C(=O)NCc3cccc(F)c3)c2)cc1Cl. The molecular formula is C26H26ClFN2O. The number of halogens is 2. The highest BCUT2D eigenvalue weighted by Crippen LogP contribution is 2.27. The molecule has 1 N–H and O–H groups in total. The van der Waals surface area contributed by atoms with E-state index in [4.69, 9.17) is 11.6 Å². The molecular weight excluding hydrogens is 411 g/mol. The van der Waals surface area contributed by atoms with Gasteiger partial charge in [-0.3, -0.25) is 9.69 Å². The van der Waals surface area contributed by atoms with Crippen LogP contribution >= 0.6 is 11.6 Å². The van der Waals surface area contributed by atoms with Crippen molar-refractivity contribution in [2.24, 2.45) is 0 Å². The molecule has 1 aliphatic rings. The molecule has 0 saturated carbocycles. The monoisotopic (exact) mass is 436 g/mol. The van der Waals surface area contributed by atoms with E-state index in [9.17, 15) is 9.18 Å². The van der Waals surface area contributed by atoms with Crippen LogP contribution in [0.5, 0.6) is 0 Å². The predicted molar refractivity (Wildman–Crippen MR) is 123 cm³/mol. The van der Waals surface area contributed by atoms with Crippen molar-refractivity contribution in [1.82, 2.24) is 10.2 Å². The number of nitrogens with zero attached hydrogens (tertiary/aromatic N) is 1. The van der Waals surface area contributed by atoms with Gasteiger partial charge in [0.2, 0.25) is 5.91 Å². The molecule has 4 rings (SSSR count). The van der Waals surface area contributed by atoms with E-state index >= 15 is 0 Å². The molecule has 0 bridgehead atoms. The molecule has 160 valence electrons. The van der Waals surface area contributed by atoms with Gasteiger partial charge in [0.1, 0.15) is 5.82 Å². The fourth-order valence-corrected chi connectivity index (χ4v) is 4.30. The van der Waals surface area contributed by atoms with Gasteiger partial charge in [0.05, 0.1) is 6.04 Å². The second-order valence-corrected chi connectivity index (χ2v) is 8.55. The van der Waals surface area contributed by atoms with Crippen LogP contribution < -0.4 is 5.32 Å². The van der Waals surface area contributed by atoms with Crippen molar-refractivity contribution < 1.29 is 9.18 Å². The zero-order chi connectivity index (χ0) is 21.8. The highest BCUT2D eigenvalue weighted by atomic mass is 35.5. The van der Waals surface area contributed by atoms with Gasteiger partial charge in [-0.1, -0.05) is 54.1 Å². The van der Waals surface area contributed by atoms with E-state index < -0.39 is 0 Å². The minimum Gasteiger partial charge on any atom is -0.351 e. The van der Waals surface area contributed by atoms with E-state index in [0.29, 0.717) is 13.1 Å². The van der Waals surface area contributed by atoms with Gasteiger partial charge >= 0.3 is 0 Å². The molecule has 1 amide bonds. The van der Waals surface area contributed by atoms with Crippen molar-refractivity contribution in [3.05, 3.63) is 94.3 Å². The van der Waals surface area contributed by atoms with Crippen LogP contribution in [0.15, 0.2) is 66.7 Å². The smallest absolute Gasteiger partial charge is 0.237 e. The van der Waals surface area contributed by atoms with Crippen LogP contribution in [0.25, 0.3) is 11.1 Å². The number of nitrogens with one attached hydrogen (secondary N) is 1. The minimum absolute atomic E-state index is 0.00299. The van der Waals surface area contributed by atoms with Crippen LogP contribution in [0.4, 0.5) is 4.39 Å². The number of carbonyl (C=O) groups excluding carboxylic acids is 1. The maximum absolute atomic E-state index is 13.4. The second kappa shape index (κ2) is 9.63. The Balaban J connectivity index is 1.42. The number of hydrogen-bond acceptors (Lipinski definition) is 2. The Morgan fingerprint density at radius 1 is 1.06 bits per heavy atom. The van der Waals surface area contributed by atoms with Crippen LogP contribution in [-0.2, 0) is 17.9 Å². The molecule has 3 aromatic rings. The molecule has 1 fully saturated rings. The van der Waals surface area contributed by atoms with Crippen molar-refractivity contribution in [3.8, 4) is 11.1 Å². The van der Waals surface area contributed by atoms with Crippen LogP contribution in [0.1, 0.15) is 29.5 Å². The molecule has 3 aromatic carbocycles. The molecule has 0 spiro atoms. The summed E-state index contributed by atoms with van der Waals surface area (Å²) in [6.07, 6.45) is 1.83. The molecule has 31 heavy (non-hydrogen) atoms. The summed E-state index contributed by atoms with van der Waals surface area (Å²) in [5, 5.41) is 3.73. The average molecular weight is 437 g/mol. The summed E-state index contributed by atoms with van der Waals surface area (Å²) in [7, 11) is 0. The lowest BCUT2D eigenvalue weighted by Gasteiger charge is -2.24. The van der Waals surface area contributed by atoms with Gasteiger partial charge in [-0.2, -0.15) is 0 Å². The summed E-state index contributed by atoms with van der Waals surface area (Å²) in [5.41, 5.74) is 5.20. The summed E-state index contributed by atoms with van der Waals surface area (Å²) in [6, 6.07) is 20.7. The van der Waals surface area contributed by atoms with E-state index in [1.807, 2.05) is 31.2 Å². The van der Waals surface area contributed by atoms with E-state index in [1.165, 1.54) is 17.7 Å². The van der Waals surface area contributed by atoms with E-state index in [-0.39, 0.29) is 17.8 Å². The number of aryl methyl sites for hydroxylation is 1. The number of hydrogen-bond donors (Lipinski definition) is 1. The Morgan fingerprint density at radius 3 is 2.65 bits per heavy atom. The lowest BCUT2D eigenvalue weighted by Crippen LogP contribution is -2.42. The predicted octanol–water partition coefficient (Wildman–Crippen LogP) is 5.74. The van der Waals surface area contributed by atoms with Crippen LogP contribution in [0.2, 0.25) is 5.02 Å². The summed E-state index contributed by atoms with van der Waals surface area (Å²) < 4.78 is 13.4. The standard InChI is InChI=1S/C26H26ClFN2O/c1-18-10-11-22(15-24(18)27)21-7-2-6-20(13-21)17-30-12-4-9-25(30)26(31)29-16-19-5-3-8-23(28)14-19/h2-3,5-8,10-11,13-15,25H,4,9,12,16-17H2,1H3,(H,29,31). The number of amides is 1. The minimum atomic E-state index is -0.288. The Kier molecular flexibility index (Phi) is 6.69. The number of carbonyl (C=O) groups is 1. The van der Waals surface area contributed by atoms with Crippen molar-refractivity contribution >= 4 is 17.5 Å². The quantitative estimate of drug-likeness (QED) is 0.534. The van der Waals surface area contributed by atoms with E-state index in [1.54, 1.807) is 6.07 Å². The van der Waals surface area contributed by atoms with Crippen molar-refractivity contribution in [3.63, 3.8) is 0 Å². The van der Waals surface area contributed by atoms with Gasteiger partial charge in [-0.15, -0.1) is 0 Å². The third-order valence-corrected chi connectivity index (χ3v) is 6.25. The van der Waals surface area contributed by atoms with Gasteiger partial charge in [0.25, 0.3) is 0 Å². The largest absolute Gasteiger partial charge is 0.351 e. The zero-order valence-electron chi connectivity index (χ0n) is 17.6. The number of likely N-dealkylation sites (tertiary alicyclic amines) is 1. The summed E-state index contributed by atoms with van der Waals surface area (Å²) in [6.45, 7) is 3.93.